The molecule has 0 saturated heterocycles. The average Bonchev–Trinajstić information content (AvgIpc) is 2.43. The molecule has 0 aromatic heterocycles. The van der Waals surface area contributed by atoms with Crippen molar-refractivity contribution in [2.45, 2.75) is 38.4 Å². The van der Waals surface area contributed by atoms with E-state index in [0.717, 1.165) is 25.0 Å². The number of alkyl halides is 3. The highest BCUT2D eigenvalue weighted by Gasteiger charge is 2.31. The van der Waals surface area contributed by atoms with E-state index >= 15 is 0 Å². The minimum atomic E-state index is -4.54. The maximum Gasteiger partial charge on any atom is 0.416 e. The standard InChI is InChI=1S/C14H16F3N3O/c1-2-3-4-11(19)13(21)20-12-6-5-10(14(15,16)17)7-9(12)8-18/h5-7,11H,2-4,19H2,1H3,(H,20,21)/t11-/m0/s1. The van der Waals surface area contributed by atoms with Crippen LogP contribution in [0.25, 0.3) is 0 Å². The van der Waals surface area contributed by atoms with Crippen molar-refractivity contribution >= 4 is 11.6 Å². The van der Waals surface area contributed by atoms with E-state index < -0.39 is 23.7 Å². The minimum absolute atomic E-state index is 0.0300. The summed E-state index contributed by atoms with van der Waals surface area (Å²) in [6, 6.07) is 3.47. The van der Waals surface area contributed by atoms with Gasteiger partial charge in [0, 0.05) is 0 Å². The van der Waals surface area contributed by atoms with E-state index in [4.69, 9.17) is 11.0 Å². The third-order valence-electron chi connectivity index (χ3n) is 2.93. The molecule has 1 amide bonds. The van der Waals surface area contributed by atoms with Gasteiger partial charge in [0.2, 0.25) is 5.91 Å². The Bertz CT molecular complexity index is 549. The number of amides is 1. The Balaban J connectivity index is 2.90. The molecule has 0 bridgehead atoms. The highest BCUT2D eigenvalue weighted by Crippen LogP contribution is 2.31. The highest BCUT2D eigenvalue weighted by atomic mass is 19.4. The first-order chi connectivity index (χ1) is 9.79. The summed E-state index contributed by atoms with van der Waals surface area (Å²) >= 11 is 0. The second-order valence-corrected chi connectivity index (χ2v) is 4.61. The number of hydrogen-bond donors (Lipinski definition) is 2. The number of carbonyl (C=O) groups is 1. The minimum Gasteiger partial charge on any atom is -0.324 e. The van der Waals surface area contributed by atoms with E-state index in [2.05, 4.69) is 5.32 Å². The van der Waals surface area contributed by atoms with Crippen molar-refractivity contribution in [1.82, 2.24) is 0 Å². The normalized spacial score (nSPS) is 12.6. The van der Waals surface area contributed by atoms with Crippen molar-refractivity contribution in [3.05, 3.63) is 29.3 Å². The molecule has 1 aromatic carbocycles. The van der Waals surface area contributed by atoms with Crippen molar-refractivity contribution in [3.8, 4) is 6.07 Å². The number of nitrogens with one attached hydrogen (secondary N) is 1. The molecule has 0 aliphatic carbocycles. The van der Waals surface area contributed by atoms with Crippen molar-refractivity contribution in [3.63, 3.8) is 0 Å². The number of benzene rings is 1. The van der Waals surface area contributed by atoms with Crippen molar-refractivity contribution in [1.29, 1.82) is 5.26 Å². The summed E-state index contributed by atoms with van der Waals surface area (Å²) in [5, 5.41) is 11.3. The maximum atomic E-state index is 12.5. The number of nitrogens with two attached hydrogens (primary N) is 1. The lowest BCUT2D eigenvalue weighted by Gasteiger charge is -2.14. The van der Waals surface area contributed by atoms with Crippen LogP contribution in [0.5, 0.6) is 0 Å². The van der Waals surface area contributed by atoms with E-state index in [1.165, 1.54) is 0 Å². The van der Waals surface area contributed by atoms with Gasteiger partial charge in [0.15, 0.2) is 0 Å². The smallest absolute Gasteiger partial charge is 0.324 e. The lowest BCUT2D eigenvalue weighted by Crippen LogP contribution is -2.35. The van der Waals surface area contributed by atoms with Gasteiger partial charge in [-0.3, -0.25) is 4.79 Å². The first kappa shape index (κ1) is 17.0. The van der Waals surface area contributed by atoms with E-state index in [9.17, 15) is 18.0 Å². The third kappa shape index (κ3) is 4.76. The van der Waals surface area contributed by atoms with Crippen molar-refractivity contribution < 1.29 is 18.0 Å². The Morgan fingerprint density at radius 2 is 2.14 bits per heavy atom. The van der Waals surface area contributed by atoms with Crippen LogP contribution in [0.3, 0.4) is 0 Å². The molecule has 1 atom stereocenters. The first-order valence-corrected chi connectivity index (χ1v) is 6.47. The van der Waals surface area contributed by atoms with Gasteiger partial charge in [0.25, 0.3) is 0 Å². The van der Waals surface area contributed by atoms with Crippen molar-refractivity contribution in [2.75, 3.05) is 5.32 Å². The molecule has 0 aliphatic heterocycles. The van der Waals surface area contributed by atoms with Crippen LogP contribution < -0.4 is 11.1 Å². The molecule has 21 heavy (non-hydrogen) atoms. The number of hydrogen-bond acceptors (Lipinski definition) is 3. The molecule has 4 nitrogen and oxygen atoms in total. The summed E-state index contributed by atoms with van der Waals surface area (Å²) in [5.74, 6) is -0.514. The lowest BCUT2D eigenvalue weighted by atomic mass is 10.1. The van der Waals surface area contributed by atoms with E-state index in [1.54, 1.807) is 6.07 Å². The number of unbranched alkanes of at least 4 members (excludes halogenated alkanes) is 1. The zero-order valence-electron chi connectivity index (χ0n) is 11.5. The number of nitriles is 1. The molecule has 0 radical (unpaired) electrons. The Kier molecular flexibility index (Phi) is 5.73. The summed E-state index contributed by atoms with van der Waals surface area (Å²) < 4.78 is 37.6. The van der Waals surface area contributed by atoms with E-state index in [0.29, 0.717) is 12.5 Å². The van der Waals surface area contributed by atoms with Gasteiger partial charge in [0.1, 0.15) is 6.07 Å². The predicted molar refractivity (Wildman–Crippen MR) is 72.3 cm³/mol. The Hall–Kier alpha value is -2.07. The topological polar surface area (TPSA) is 78.9 Å². The molecule has 0 unspecified atom stereocenters. The molecule has 0 saturated carbocycles. The Morgan fingerprint density at radius 1 is 1.48 bits per heavy atom. The molecule has 3 N–H and O–H groups in total. The van der Waals surface area contributed by atoms with E-state index in [-0.39, 0.29) is 11.3 Å². The van der Waals surface area contributed by atoms with Gasteiger partial charge in [-0.2, -0.15) is 18.4 Å². The molecule has 0 aliphatic rings. The number of anilines is 1. The second-order valence-electron chi connectivity index (χ2n) is 4.61. The van der Waals surface area contributed by atoms with E-state index in [1.807, 2.05) is 6.92 Å². The quantitative estimate of drug-likeness (QED) is 0.877. The summed E-state index contributed by atoms with van der Waals surface area (Å²) in [6.07, 6.45) is -2.41. The molecule has 1 rings (SSSR count). The zero-order chi connectivity index (χ0) is 16.0. The fourth-order valence-corrected chi connectivity index (χ4v) is 1.70. The summed E-state index contributed by atoms with van der Waals surface area (Å²) in [7, 11) is 0. The average molecular weight is 299 g/mol. The largest absolute Gasteiger partial charge is 0.416 e. The van der Waals surface area contributed by atoms with Crippen LogP contribution in [0.4, 0.5) is 18.9 Å². The Morgan fingerprint density at radius 3 is 2.67 bits per heavy atom. The number of carbonyl (C=O) groups excluding carboxylic acids is 1. The van der Waals surface area contributed by atoms with Gasteiger partial charge in [-0.1, -0.05) is 19.8 Å². The summed E-state index contributed by atoms with van der Waals surface area (Å²) in [4.78, 5) is 11.8. The van der Waals surface area contributed by atoms with Gasteiger partial charge in [0.05, 0.1) is 22.9 Å². The number of halogens is 3. The van der Waals surface area contributed by atoms with Crippen LogP contribution >= 0.6 is 0 Å². The van der Waals surface area contributed by atoms with Crippen LogP contribution in [0, 0.1) is 11.3 Å². The second kappa shape index (κ2) is 7.09. The van der Waals surface area contributed by atoms with Crippen LogP contribution in [-0.2, 0) is 11.0 Å². The molecule has 114 valence electrons. The van der Waals surface area contributed by atoms with Crippen LogP contribution in [0.1, 0.15) is 37.3 Å². The molecular weight excluding hydrogens is 283 g/mol. The highest BCUT2D eigenvalue weighted by molar-refractivity contribution is 5.95. The first-order valence-electron chi connectivity index (χ1n) is 6.47. The van der Waals surface area contributed by atoms with Gasteiger partial charge >= 0.3 is 6.18 Å². The van der Waals surface area contributed by atoms with Gasteiger partial charge < -0.3 is 11.1 Å². The molecule has 1 aromatic rings. The molecule has 0 fully saturated rings. The summed E-state index contributed by atoms with van der Waals surface area (Å²) in [5.41, 5.74) is 4.51. The lowest BCUT2D eigenvalue weighted by molar-refractivity contribution is -0.137. The van der Waals surface area contributed by atoms with Crippen LogP contribution in [0.15, 0.2) is 18.2 Å². The molecule has 0 spiro atoms. The molecule has 7 heteroatoms. The van der Waals surface area contributed by atoms with Gasteiger partial charge in [-0.05, 0) is 24.6 Å². The van der Waals surface area contributed by atoms with Crippen LogP contribution in [-0.4, -0.2) is 11.9 Å². The monoisotopic (exact) mass is 299 g/mol. The summed E-state index contributed by atoms with van der Waals surface area (Å²) in [6.45, 7) is 1.95. The molecule has 0 heterocycles. The van der Waals surface area contributed by atoms with Gasteiger partial charge in [-0.25, -0.2) is 0 Å². The fraction of sp³-hybridized carbons (Fsp3) is 0.429. The Labute approximate surface area is 120 Å². The third-order valence-corrected chi connectivity index (χ3v) is 2.93. The SMILES string of the molecule is CCCC[C@H](N)C(=O)Nc1ccc(C(F)(F)F)cc1C#N. The van der Waals surface area contributed by atoms with Crippen LogP contribution in [0.2, 0.25) is 0 Å². The number of rotatable bonds is 5. The number of nitrogens with zero attached hydrogens (tertiary/aromatic N) is 1. The van der Waals surface area contributed by atoms with Gasteiger partial charge in [-0.15, -0.1) is 0 Å². The van der Waals surface area contributed by atoms with Crippen molar-refractivity contribution in [2.24, 2.45) is 5.73 Å². The molecular formula is C14H16F3N3O. The maximum absolute atomic E-state index is 12.5. The predicted octanol–water partition coefficient (Wildman–Crippen LogP) is 3.03. The fourth-order valence-electron chi connectivity index (χ4n) is 1.70. The zero-order valence-corrected chi connectivity index (χ0v) is 11.5.